The minimum atomic E-state index is -0.662. The Labute approximate surface area is 109 Å². The molecule has 5 heteroatoms. The van der Waals surface area contributed by atoms with Gasteiger partial charge in [-0.2, -0.15) is 0 Å². The molecule has 0 bridgehead atoms. The Kier molecular flexibility index (Phi) is 3.79. The Balaban J connectivity index is 2.31. The molecule has 92 valence electrons. The van der Waals surface area contributed by atoms with Gasteiger partial charge in [0.2, 0.25) is 0 Å². The van der Waals surface area contributed by atoms with Crippen LogP contribution in [-0.2, 0) is 10.8 Å². The van der Waals surface area contributed by atoms with Gasteiger partial charge in [-0.15, -0.1) is 0 Å². The maximum Gasteiger partial charge on any atom is 0.106 e. The van der Waals surface area contributed by atoms with Gasteiger partial charge in [0.05, 0.1) is 0 Å². The fourth-order valence-electron chi connectivity index (χ4n) is 2.00. The third-order valence-electron chi connectivity index (χ3n) is 2.94. The molecule has 0 atom stereocenters. The molecule has 3 nitrogen and oxygen atoms in total. The quantitative estimate of drug-likeness (QED) is 0.819. The highest BCUT2D eigenvalue weighted by Gasteiger charge is 2.18. The zero-order valence-corrected chi connectivity index (χ0v) is 11.4. The van der Waals surface area contributed by atoms with Crippen molar-refractivity contribution < 1.29 is 4.21 Å². The van der Waals surface area contributed by atoms with E-state index in [1.54, 1.807) is 0 Å². The molecular formula is C12H16N2OS2. The van der Waals surface area contributed by atoms with E-state index in [9.17, 15) is 4.21 Å². The molecule has 0 amide bonds. The Bertz CT molecular complexity index is 464. The van der Waals surface area contributed by atoms with Gasteiger partial charge >= 0.3 is 0 Å². The predicted molar refractivity (Wildman–Crippen MR) is 77.2 cm³/mol. The molecule has 0 unspecified atom stereocenters. The fourth-order valence-corrected chi connectivity index (χ4v) is 3.22. The van der Waals surface area contributed by atoms with Crippen molar-refractivity contribution in [2.75, 3.05) is 29.5 Å². The van der Waals surface area contributed by atoms with Gasteiger partial charge in [-0.1, -0.05) is 23.8 Å². The number of thiocarbonyl (C=S) groups is 1. The molecule has 0 spiro atoms. The van der Waals surface area contributed by atoms with E-state index in [4.69, 9.17) is 18.0 Å². The lowest BCUT2D eigenvalue weighted by atomic mass is 10.1. The third-order valence-corrected chi connectivity index (χ3v) is 4.43. The van der Waals surface area contributed by atoms with Gasteiger partial charge < -0.3 is 10.6 Å². The summed E-state index contributed by atoms with van der Waals surface area (Å²) in [6.45, 7) is 3.65. The number of hydrogen-bond acceptors (Lipinski definition) is 3. The first-order valence-electron chi connectivity index (χ1n) is 5.58. The van der Waals surface area contributed by atoms with Crippen LogP contribution >= 0.6 is 12.2 Å². The second-order valence-electron chi connectivity index (χ2n) is 4.22. The molecular weight excluding hydrogens is 252 g/mol. The average Bonchev–Trinajstić information content (AvgIpc) is 2.30. The monoisotopic (exact) mass is 268 g/mol. The van der Waals surface area contributed by atoms with Crippen LogP contribution in [0.1, 0.15) is 11.1 Å². The molecule has 0 radical (unpaired) electrons. The molecule has 1 fully saturated rings. The summed E-state index contributed by atoms with van der Waals surface area (Å²) in [5, 5.41) is 0. The van der Waals surface area contributed by atoms with Crippen molar-refractivity contribution in [3.63, 3.8) is 0 Å². The number of aryl methyl sites for hydroxylation is 1. The van der Waals surface area contributed by atoms with Crippen molar-refractivity contribution >= 4 is 33.7 Å². The molecule has 0 aromatic heterocycles. The van der Waals surface area contributed by atoms with Crippen LogP contribution in [0.25, 0.3) is 0 Å². The van der Waals surface area contributed by atoms with E-state index in [0.717, 1.165) is 41.4 Å². The predicted octanol–water partition coefficient (Wildman–Crippen LogP) is 1.20. The van der Waals surface area contributed by atoms with Crippen molar-refractivity contribution in [2.24, 2.45) is 5.73 Å². The highest BCUT2D eigenvalue weighted by Crippen LogP contribution is 2.23. The van der Waals surface area contributed by atoms with Crippen molar-refractivity contribution in [2.45, 2.75) is 6.92 Å². The zero-order valence-electron chi connectivity index (χ0n) is 9.81. The summed E-state index contributed by atoms with van der Waals surface area (Å²) in [4.78, 5) is 2.64. The second-order valence-corrected chi connectivity index (χ2v) is 6.36. The average molecular weight is 268 g/mol. The minimum Gasteiger partial charge on any atom is -0.389 e. The SMILES string of the molecule is Cc1ccc(N2CCS(=O)CC2)c(C(N)=S)c1. The van der Waals surface area contributed by atoms with E-state index < -0.39 is 10.8 Å². The van der Waals surface area contributed by atoms with E-state index in [1.807, 2.05) is 13.0 Å². The van der Waals surface area contributed by atoms with Crippen molar-refractivity contribution in [3.05, 3.63) is 29.3 Å². The molecule has 2 N–H and O–H groups in total. The third kappa shape index (κ3) is 2.84. The van der Waals surface area contributed by atoms with E-state index >= 15 is 0 Å². The molecule has 0 aliphatic carbocycles. The Morgan fingerprint density at radius 2 is 2.06 bits per heavy atom. The maximum atomic E-state index is 11.3. The maximum absolute atomic E-state index is 11.3. The minimum absolute atomic E-state index is 0.426. The summed E-state index contributed by atoms with van der Waals surface area (Å²) in [5.41, 5.74) is 8.91. The van der Waals surface area contributed by atoms with Gasteiger partial charge in [0.15, 0.2) is 0 Å². The van der Waals surface area contributed by atoms with Crippen LogP contribution in [0.2, 0.25) is 0 Å². The van der Waals surface area contributed by atoms with E-state index in [2.05, 4.69) is 17.0 Å². The van der Waals surface area contributed by atoms with Crippen LogP contribution in [0.3, 0.4) is 0 Å². The Morgan fingerprint density at radius 1 is 1.41 bits per heavy atom. The number of benzene rings is 1. The first kappa shape index (κ1) is 12.5. The normalized spacial score (nSPS) is 17.1. The van der Waals surface area contributed by atoms with Gasteiger partial charge in [0.1, 0.15) is 4.99 Å². The lowest BCUT2D eigenvalue weighted by Crippen LogP contribution is -2.38. The number of anilines is 1. The molecule has 1 aromatic carbocycles. The molecule has 1 saturated heterocycles. The van der Waals surface area contributed by atoms with Crippen LogP contribution in [0.15, 0.2) is 18.2 Å². The Hall–Kier alpha value is -0.940. The fraction of sp³-hybridized carbons (Fsp3) is 0.417. The van der Waals surface area contributed by atoms with E-state index in [-0.39, 0.29) is 0 Å². The summed E-state index contributed by atoms with van der Waals surface area (Å²) in [6.07, 6.45) is 0. The topological polar surface area (TPSA) is 46.3 Å². The van der Waals surface area contributed by atoms with Gasteiger partial charge in [-0.3, -0.25) is 4.21 Å². The number of nitrogens with zero attached hydrogens (tertiary/aromatic N) is 1. The van der Waals surface area contributed by atoms with Gasteiger partial charge in [0, 0.05) is 46.6 Å². The van der Waals surface area contributed by atoms with Gasteiger partial charge in [-0.25, -0.2) is 0 Å². The lowest BCUT2D eigenvalue weighted by Gasteiger charge is -2.30. The van der Waals surface area contributed by atoms with Crippen LogP contribution in [0.5, 0.6) is 0 Å². The van der Waals surface area contributed by atoms with Crippen molar-refractivity contribution in [1.29, 1.82) is 0 Å². The summed E-state index contributed by atoms with van der Waals surface area (Å²) >= 11 is 5.09. The molecule has 2 rings (SSSR count). The van der Waals surface area contributed by atoms with Crippen LogP contribution in [0, 0.1) is 6.92 Å². The summed E-state index contributed by atoms with van der Waals surface area (Å²) < 4.78 is 11.3. The molecule has 1 aromatic rings. The number of rotatable bonds is 2. The summed E-state index contributed by atoms with van der Waals surface area (Å²) in [5.74, 6) is 1.45. The lowest BCUT2D eigenvalue weighted by molar-refractivity contribution is 0.673. The smallest absolute Gasteiger partial charge is 0.106 e. The summed E-state index contributed by atoms with van der Waals surface area (Å²) in [6, 6.07) is 6.13. The van der Waals surface area contributed by atoms with Crippen LogP contribution in [-0.4, -0.2) is 33.8 Å². The number of hydrogen-bond donors (Lipinski definition) is 1. The summed E-state index contributed by atoms with van der Waals surface area (Å²) in [7, 11) is -0.662. The van der Waals surface area contributed by atoms with Crippen LogP contribution < -0.4 is 10.6 Å². The van der Waals surface area contributed by atoms with E-state index in [0.29, 0.717) is 4.99 Å². The molecule has 17 heavy (non-hydrogen) atoms. The molecule has 0 saturated carbocycles. The second kappa shape index (κ2) is 5.14. The van der Waals surface area contributed by atoms with E-state index in [1.165, 1.54) is 0 Å². The van der Waals surface area contributed by atoms with Crippen LogP contribution in [0.4, 0.5) is 5.69 Å². The first-order chi connectivity index (χ1) is 8.08. The highest BCUT2D eigenvalue weighted by atomic mass is 32.2. The first-order valence-corrected chi connectivity index (χ1v) is 7.48. The standard InChI is InChI=1S/C12H16N2OS2/c1-9-2-3-11(10(8-9)12(13)16)14-4-6-17(15)7-5-14/h2-3,8H,4-7H2,1H3,(H2,13,16). The highest BCUT2D eigenvalue weighted by molar-refractivity contribution is 7.85. The number of nitrogens with two attached hydrogens (primary N) is 1. The molecule has 1 aliphatic rings. The Morgan fingerprint density at radius 3 is 2.65 bits per heavy atom. The zero-order chi connectivity index (χ0) is 12.4. The van der Waals surface area contributed by atoms with Crippen molar-refractivity contribution in [1.82, 2.24) is 0 Å². The molecule has 1 heterocycles. The van der Waals surface area contributed by atoms with Crippen molar-refractivity contribution in [3.8, 4) is 0 Å². The van der Waals surface area contributed by atoms with Gasteiger partial charge in [-0.05, 0) is 19.1 Å². The molecule has 1 aliphatic heterocycles. The largest absolute Gasteiger partial charge is 0.389 e. The van der Waals surface area contributed by atoms with Gasteiger partial charge in [0.25, 0.3) is 0 Å².